The van der Waals surface area contributed by atoms with Crippen molar-refractivity contribution in [2.75, 3.05) is 11.9 Å². The van der Waals surface area contributed by atoms with Gasteiger partial charge in [0.1, 0.15) is 11.9 Å². The molecule has 4 nitrogen and oxygen atoms in total. The molecule has 0 saturated carbocycles. The summed E-state index contributed by atoms with van der Waals surface area (Å²) < 4.78 is 0. The molecule has 4 heteroatoms. The van der Waals surface area contributed by atoms with E-state index in [1.54, 1.807) is 12.1 Å². The number of nitrogens with zero attached hydrogens (tertiary/aromatic N) is 3. The number of aryl methyl sites for hydroxylation is 1. The van der Waals surface area contributed by atoms with Crippen molar-refractivity contribution in [3.8, 4) is 6.07 Å². The molecule has 1 heterocycles. The zero-order valence-corrected chi connectivity index (χ0v) is 10.8. The fourth-order valence-corrected chi connectivity index (χ4v) is 1.98. The van der Waals surface area contributed by atoms with Crippen molar-refractivity contribution in [1.82, 2.24) is 4.98 Å². The van der Waals surface area contributed by atoms with Crippen molar-refractivity contribution in [2.24, 2.45) is 0 Å². The Morgan fingerprint density at radius 3 is 2.74 bits per heavy atom. The second-order valence-electron chi connectivity index (χ2n) is 4.21. The number of hydrogen-bond acceptors (Lipinski definition) is 4. The molecule has 0 radical (unpaired) electrons. The first-order valence-corrected chi connectivity index (χ1v) is 5.82. The Bertz CT molecular complexity index is 659. The van der Waals surface area contributed by atoms with E-state index in [2.05, 4.69) is 11.1 Å². The second-order valence-corrected chi connectivity index (χ2v) is 4.21. The fraction of sp³-hybridized carbons (Fsp3) is 0.133. The summed E-state index contributed by atoms with van der Waals surface area (Å²) in [5.41, 5.74) is 2.81. The molecule has 2 aromatic rings. The summed E-state index contributed by atoms with van der Waals surface area (Å²) in [6.07, 6.45) is 2.30. The normalized spacial score (nSPS) is 9.74. The van der Waals surface area contributed by atoms with E-state index < -0.39 is 0 Å². The number of hydrogen-bond donors (Lipinski definition) is 0. The average molecular weight is 251 g/mol. The van der Waals surface area contributed by atoms with Crippen molar-refractivity contribution in [2.45, 2.75) is 6.92 Å². The van der Waals surface area contributed by atoms with E-state index in [-0.39, 0.29) is 0 Å². The van der Waals surface area contributed by atoms with Gasteiger partial charge in [-0.25, -0.2) is 4.98 Å². The molecule has 0 aliphatic carbocycles. The quantitative estimate of drug-likeness (QED) is 0.787. The molecule has 0 unspecified atom stereocenters. The lowest BCUT2D eigenvalue weighted by Gasteiger charge is -2.21. The molecule has 0 saturated heterocycles. The molecule has 0 aliphatic rings. The largest absolute Gasteiger partial charge is 0.328 e. The predicted molar refractivity (Wildman–Crippen MR) is 73.6 cm³/mol. The monoisotopic (exact) mass is 251 g/mol. The summed E-state index contributed by atoms with van der Waals surface area (Å²) in [5.74, 6) is 0.730. The molecule has 0 amide bonds. The minimum absolute atomic E-state index is 0.545. The molecular formula is C15H13N3O. The highest BCUT2D eigenvalue weighted by Gasteiger charge is 2.12. The summed E-state index contributed by atoms with van der Waals surface area (Å²) in [4.78, 5) is 16.8. The first kappa shape index (κ1) is 12.8. The van der Waals surface area contributed by atoms with E-state index in [1.165, 1.54) is 6.20 Å². The van der Waals surface area contributed by atoms with E-state index >= 15 is 0 Å². The zero-order chi connectivity index (χ0) is 13.8. The number of aldehydes is 1. The minimum Gasteiger partial charge on any atom is -0.328 e. The Morgan fingerprint density at radius 1 is 1.37 bits per heavy atom. The van der Waals surface area contributed by atoms with E-state index in [0.29, 0.717) is 11.1 Å². The summed E-state index contributed by atoms with van der Waals surface area (Å²) in [5, 5.41) is 9.12. The third-order valence-electron chi connectivity index (χ3n) is 2.91. The number of nitriles is 1. The zero-order valence-electron chi connectivity index (χ0n) is 10.8. The Labute approximate surface area is 111 Å². The molecule has 0 N–H and O–H groups in total. The van der Waals surface area contributed by atoms with E-state index in [1.807, 2.05) is 37.1 Å². The first-order chi connectivity index (χ1) is 9.17. The van der Waals surface area contributed by atoms with Crippen LogP contribution in [0.3, 0.4) is 0 Å². The molecular weight excluding hydrogens is 238 g/mol. The SMILES string of the molecule is Cc1cc(C=O)cnc1N(C)c1ccccc1C#N. The van der Waals surface area contributed by atoms with Crippen molar-refractivity contribution in [3.05, 3.63) is 53.2 Å². The smallest absolute Gasteiger partial charge is 0.151 e. The third-order valence-corrected chi connectivity index (χ3v) is 2.91. The van der Waals surface area contributed by atoms with Gasteiger partial charge in [0.2, 0.25) is 0 Å². The van der Waals surface area contributed by atoms with Crippen molar-refractivity contribution < 1.29 is 4.79 Å². The molecule has 19 heavy (non-hydrogen) atoms. The van der Waals surface area contributed by atoms with Crippen LogP contribution in [0.25, 0.3) is 0 Å². The molecule has 2 rings (SSSR count). The first-order valence-electron chi connectivity index (χ1n) is 5.82. The van der Waals surface area contributed by atoms with E-state index in [9.17, 15) is 4.79 Å². The van der Waals surface area contributed by atoms with Crippen LogP contribution < -0.4 is 4.90 Å². The number of benzene rings is 1. The number of anilines is 2. The lowest BCUT2D eigenvalue weighted by Crippen LogP contribution is -2.14. The van der Waals surface area contributed by atoms with Crippen LogP contribution in [0.5, 0.6) is 0 Å². The standard InChI is InChI=1S/C15H13N3O/c1-11-7-12(10-19)9-17-15(11)18(2)14-6-4-3-5-13(14)8-16/h3-7,9-10H,1-2H3. The Hall–Kier alpha value is -2.67. The van der Waals surface area contributed by atoms with Gasteiger partial charge in [-0.2, -0.15) is 5.26 Å². The molecule has 0 spiro atoms. The van der Waals surface area contributed by atoms with Gasteiger partial charge in [0.05, 0.1) is 11.3 Å². The maximum atomic E-state index is 10.7. The van der Waals surface area contributed by atoms with E-state index in [4.69, 9.17) is 5.26 Å². The van der Waals surface area contributed by atoms with Crippen LogP contribution in [0.2, 0.25) is 0 Å². The van der Waals surface area contributed by atoms with Gasteiger partial charge in [-0.1, -0.05) is 12.1 Å². The van der Waals surface area contributed by atoms with Gasteiger partial charge in [-0.05, 0) is 30.7 Å². The number of para-hydroxylation sites is 1. The van der Waals surface area contributed by atoms with Crippen LogP contribution in [0.4, 0.5) is 11.5 Å². The fourth-order valence-electron chi connectivity index (χ4n) is 1.98. The Morgan fingerprint density at radius 2 is 2.11 bits per heavy atom. The van der Waals surface area contributed by atoms with Gasteiger partial charge in [0.15, 0.2) is 6.29 Å². The second kappa shape index (κ2) is 5.32. The molecule has 1 aromatic heterocycles. The third kappa shape index (κ3) is 2.45. The van der Waals surface area contributed by atoms with Crippen LogP contribution in [0.15, 0.2) is 36.5 Å². The topological polar surface area (TPSA) is 57.0 Å². The van der Waals surface area contributed by atoms with Gasteiger partial charge in [-0.15, -0.1) is 0 Å². The highest BCUT2D eigenvalue weighted by molar-refractivity contribution is 5.76. The highest BCUT2D eigenvalue weighted by Crippen LogP contribution is 2.27. The van der Waals surface area contributed by atoms with Gasteiger partial charge >= 0.3 is 0 Å². The number of rotatable bonds is 3. The molecule has 0 bridgehead atoms. The molecule has 0 atom stereocenters. The minimum atomic E-state index is 0.545. The summed E-state index contributed by atoms with van der Waals surface area (Å²) in [6.45, 7) is 1.89. The molecule has 1 aromatic carbocycles. The van der Waals surface area contributed by atoms with Crippen LogP contribution in [-0.4, -0.2) is 18.3 Å². The summed E-state index contributed by atoms with van der Waals surface area (Å²) >= 11 is 0. The number of pyridine rings is 1. The van der Waals surface area contributed by atoms with Crippen molar-refractivity contribution >= 4 is 17.8 Å². The Balaban J connectivity index is 2.47. The van der Waals surface area contributed by atoms with Gasteiger partial charge in [0.25, 0.3) is 0 Å². The number of carbonyl (C=O) groups is 1. The molecule has 0 fully saturated rings. The Kier molecular flexibility index (Phi) is 3.58. The maximum Gasteiger partial charge on any atom is 0.151 e. The van der Waals surface area contributed by atoms with Crippen molar-refractivity contribution in [1.29, 1.82) is 5.26 Å². The number of aromatic nitrogens is 1. The van der Waals surface area contributed by atoms with Crippen LogP contribution in [0.1, 0.15) is 21.5 Å². The van der Waals surface area contributed by atoms with Crippen LogP contribution >= 0.6 is 0 Å². The lowest BCUT2D eigenvalue weighted by molar-refractivity contribution is 0.112. The van der Waals surface area contributed by atoms with Gasteiger partial charge < -0.3 is 4.90 Å². The molecule has 94 valence electrons. The maximum absolute atomic E-state index is 10.7. The summed E-state index contributed by atoms with van der Waals surface area (Å²) in [7, 11) is 1.85. The van der Waals surface area contributed by atoms with Gasteiger partial charge in [-0.3, -0.25) is 4.79 Å². The van der Waals surface area contributed by atoms with Crippen LogP contribution in [-0.2, 0) is 0 Å². The highest BCUT2D eigenvalue weighted by atomic mass is 16.1. The van der Waals surface area contributed by atoms with Crippen molar-refractivity contribution in [3.63, 3.8) is 0 Å². The molecule has 0 aliphatic heterocycles. The average Bonchev–Trinajstić information content (AvgIpc) is 2.46. The van der Waals surface area contributed by atoms with Crippen LogP contribution in [0, 0.1) is 18.3 Å². The van der Waals surface area contributed by atoms with E-state index in [0.717, 1.165) is 23.4 Å². The predicted octanol–water partition coefficient (Wildman–Crippen LogP) is 2.84. The lowest BCUT2D eigenvalue weighted by atomic mass is 10.1. The number of carbonyl (C=O) groups excluding carboxylic acids is 1. The summed E-state index contributed by atoms with van der Waals surface area (Å²) in [6, 6.07) is 11.3. The van der Waals surface area contributed by atoms with Gasteiger partial charge in [0, 0.05) is 18.8 Å².